The predicted molar refractivity (Wildman–Crippen MR) is 100 cm³/mol. The summed E-state index contributed by atoms with van der Waals surface area (Å²) in [6.07, 6.45) is 5.82. The Bertz CT molecular complexity index is 777. The molecule has 0 bridgehead atoms. The van der Waals surface area contributed by atoms with Crippen LogP contribution in [0.15, 0.2) is 22.8 Å². The highest BCUT2D eigenvalue weighted by Crippen LogP contribution is 2.37. The number of ether oxygens (including phenoxy) is 1. The Hall–Kier alpha value is -2.14. The summed E-state index contributed by atoms with van der Waals surface area (Å²) in [4.78, 5) is 15.8. The van der Waals surface area contributed by atoms with Crippen LogP contribution in [0.2, 0.25) is 0 Å². The first kappa shape index (κ1) is 18.6. The number of carbonyl (C=O) groups excluding carboxylic acids is 1. The van der Waals surface area contributed by atoms with Crippen LogP contribution in [-0.2, 0) is 28.9 Å². The van der Waals surface area contributed by atoms with E-state index in [1.807, 2.05) is 17.0 Å². The molecular weight excluding hydrogens is 350 g/mol. The van der Waals surface area contributed by atoms with Crippen molar-refractivity contribution in [2.75, 3.05) is 32.1 Å². The normalized spacial score (nSPS) is 13.4. The van der Waals surface area contributed by atoms with Crippen molar-refractivity contribution >= 4 is 22.2 Å². The van der Waals surface area contributed by atoms with E-state index in [4.69, 9.17) is 9.15 Å². The number of thiophene rings is 1. The summed E-state index contributed by atoms with van der Waals surface area (Å²) < 4.78 is 10.5. The molecular formula is C19H23N3O3S. The van der Waals surface area contributed by atoms with Crippen molar-refractivity contribution < 1.29 is 13.9 Å². The fourth-order valence-corrected chi connectivity index (χ4v) is 4.45. The summed E-state index contributed by atoms with van der Waals surface area (Å²) in [7, 11) is 1.64. The maximum atomic E-state index is 12.6. The molecule has 0 saturated heterocycles. The van der Waals surface area contributed by atoms with Crippen molar-refractivity contribution in [1.29, 1.82) is 5.26 Å². The summed E-state index contributed by atoms with van der Waals surface area (Å²) in [6, 6.07) is 6.00. The lowest BCUT2D eigenvalue weighted by Gasteiger charge is -2.20. The van der Waals surface area contributed by atoms with Crippen molar-refractivity contribution in [3.05, 3.63) is 40.2 Å². The average Bonchev–Trinajstić information content (AvgIpc) is 3.26. The average molecular weight is 373 g/mol. The molecule has 1 amide bonds. The van der Waals surface area contributed by atoms with Crippen LogP contribution in [0.3, 0.4) is 0 Å². The van der Waals surface area contributed by atoms with Gasteiger partial charge in [0.15, 0.2) is 0 Å². The zero-order valence-electron chi connectivity index (χ0n) is 14.9. The maximum Gasteiger partial charge on any atom is 0.239 e. The summed E-state index contributed by atoms with van der Waals surface area (Å²) in [5.74, 6) is 0.681. The number of hydrogen-bond donors (Lipinski definition) is 1. The largest absolute Gasteiger partial charge is 0.468 e. The fraction of sp³-hybridized carbons (Fsp3) is 0.474. The van der Waals surface area contributed by atoms with Gasteiger partial charge in [0.1, 0.15) is 16.8 Å². The molecule has 7 heteroatoms. The number of nitrogens with zero attached hydrogens (tertiary/aromatic N) is 2. The molecule has 1 aliphatic rings. The van der Waals surface area contributed by atoms with Crippen molar-refractivity contribution in [3.63, 3.8) is 0 Å². The SMILES string of the molecule is COCCN(CC(=O)Nc1sc2c(c1C#N)CCCC2)Cc1ccco1. The zero-order chi connectivity index (χ0) is 18.4. The van der Waals surface area contributed by atoms with E-state index in [0.29, 0.717) is 30.3 Å². The number of nitriles is 1. The van der Waals surface area contributed by atoms with Crippen LogP contribution in [0.4, 0.5) is 5.00 Å². The van der Waals surface area contributed by atoms with E-state index in [1.54, 1.807) is 24.7 Å². The first-order valence-electron chi connectivity index (χ1n) is 8.79. The van der Waals surface area contributed by atoms with Crippen molar-refractivity contribution in [3.8, 4) is 6.07 Å². The maximum absolute atomic E-state index is 12.6. The van der Waals surface area contributed by atoms with E-state index in [1.165, 1.54) is 4.88 Å². The van der Waals surface area contributed by atoms with Crippen LogP contribution in [0.5, 0.6) is 0 Å². The van der Waals surface area contributed by atoms with Crippen LogP contribution in [0, 0.1) is 11.3 Å². The standard InChI is InChI=1S/C19H23N3O3S/c1-24-10-8-22(12-14-5-4-9-25-14)13-18(23)21-19-16(11-20)15-6-2-3-7-17(15)26-19/h4-5,9H,2-3,6-8,10,12-13H2,1H3,(H,21,23). The van der Waals surface area contributed by atoms with Crippen LogP contribution < -0.4 is 5.32 Å². The third-order valence-electron chi connectivity index (χ3n) is 4.47. The molecule has 0 spiro atoms. The molecule has 0 radical (unpaired) electrons. The quantitative estimate of drug-likeness (QED) is 0.769. The Kier molecular flexibility index (Phi) is 6.45. The molecule has 6 nitrogen and oxygen atoms in total. The van der Waals surface area contributed by atoms with Gasteiger partial charge in [0, 0.05) is 18.5 Å². The molecule has 0 unspecified atom stereocenters. The Balaban J connectivity index is 1.66. The van der Waals surface area contributed by atoms with Crippen LogP contribution in [0.25, 0.3) is 0 Å². The third kappa shape index (κ3) is 4.52. The van der Waals surface area contributed by atoms with Gasteiger partial charge in [-0.25, -0.2) is 0 Å². The van der Waals surface area contributed by atoms with E-state index in [2.05, 4.69) is 11.4 Å². The van der Waals surface area contributed by atoms with E-state index >= 15 is 0 Å². The van der Waals surface area contributed by atoms with E-state index < -0.39 is 0 Å². The van der Waals surface area contributed by atoms with Gasteiger partial charge in [0.05, 0.1) is 31.5 Å². The molecule has 3 rings (SSSR count). The van der Waals surface area contributed by atoms with Gasteiger partial charge in [-0.15, -0.1) is 11.3 Å². The first-order chi connectivity index (χ1) is 12.7. The van der Waals surface area contributed by atoms with Gasteiger partial charge in [0.2, 0.25) is 5.91 Å². The third-order valence-corrected chi connectivity index (χ3v) is 5.68. The van der Waals surface area contributed by atoms with Gasteiger partial charge in [0.25, 0.3) is 0 Å². The zero-order valence-corrected chi connectivity index (χ0v) is 15.7. The van der Waals surface area contributed by atoms with Crippen molar-refractivity contribution in [2.24, 2.45) is 0 Å². The number of hydrogen-bond acceptors (Lipinski definition) is 6. The van der Waals surface area contributed by atoms with Crippen LogP contribution in [-0.4, -0.2) is 37.6 Å². The van der Waals surface area contributed by atoms with Crippen molar-refractivity contribution in [2.45, 2.75) is 32.2 Å². The molecule has 1 N–H and O–H groups in total. The number of amides is 1. The molecule has 0 aliphatic heterocycles. The number of nitrogens with one attached hydrogen (secondary N) is 1. The summed E-state index contributed by atoms with van der Waals surface area (Å²) in [5.41, 5.74) is 1.78. The second-order valence-corrected chi connectivity index (χ2v) is 7.46. The highest BCUT2D eigenvalue weighted by Gasteiger charge is 2.22. The second kappa shape index (κ2) is 8.99. The lowest BCUT2D eigenvalue weighted by molar-refractivity contribution is -0.117. The molecule has 2 aromatic heterocycles. The molecule has 0 atom stereocenters. The van der Waals surface area contributed by atoms with E-state index in [9.17, 15) is 10.1 Å². The molecule has 2 aromatic rings. The summed E-state index contributed by atoms with van der Waals surface area (Å²) in [5, 5.41) is 13.1. The number of furan rings is 1. The molecule has 26 heavy (non-hydrogen) atoms. The van der Waals surface area contributed by atoms with E-state index in [0.717, 1.165) is 37.0 Å². The minimum absolute atomic E-state index is 0.122. The lowest BCUT2D eigenvalue weighted by atomic mass is 9.96. The van der Waals surface area contributed by atoms with Gasteiger partial charge >= 0.3 is 0 Å². The number of fused-ring (bicyclic) bond motifs is 1. The monoisotopic (exact) mass is 373 g/mol. The first-order valence-corrected chi connectivity index (χ1v) is 9.61. The fourth-order valence-electron chi connectivity index (χ4n) is 3.20. The summed E-state index contributed by atoms with van der Waals surface area (Å²) >= 11 is 1.55. The molecule has 2 heterocycles. The lowest BCUT2D eigenvalue weighted by Crippen LogP contribution is -2.35. The smallest absolute Gasteiger partial charge is 0.239 e. The molecule has 1 aliphatic carbocycles. The molecule has 138 valence electrons. The van der Waals surface area contributed by atoms with Gasteiger partial charge < -0.3 is 14.5 Å². The van der Waals surface area contributed by atoms with Gasteiger partial charge in [-0.05, 0) is 43.4 Å². The van der Waals surface area contributed by atoms with E-state index in [-0.39, 0.29) is 12.5 Å². The highest BCUT2D eigenvalue weighted by molar-refractivity contribution is 7.16. The minimum atomic E-state index is -0.122. The van der Waals surface area contributed by atoms with Gasteiger partial charge in [-0.3, -0.25) is 9.69 Å². The number of methoxy groups -OCH3 is 1. The highest BCUT2D eigenvalue weighted by atomic mass is 32.1. The Morgan fingerprint density at radius 3 is 3.04 bits per heavy atom. The summed E-state index contributed by atoms with van der Waals surface area (Å²) in [6.45, 7) is 1.91. The number of carbonyl (C=O) groups is 1. The van der Waals surface area contributed by atoms with Gasteiger partial charge in [-0.1, -0.05) is 0 Å². The Morgan fingerprint density at radius 2 is 2.31 bits per heavy atom. The molecule has 0 fully saturated rings. The minimum Gasteiger partial charge on any atom is -0.468 e. The Morgan fingerprint density at radius 1 is 1.46 bits per heavy atom. The molecule has 0 aromatic carbocycles. The number of rotatable bonds is 8. The van der Waals surface area contributed by atoms with Crippen LogP contribution in [0.1, 0.15) is 34.6 Å². The van der Waals surface area contributed by atoms with Crippen molar-refractivity contribution in [1.82, 2.24) is 4.90 Å². The topological polar surface area (TPSA) is 78.5 Å². The second-order valence-electron chi connectivity index (χ2n) is 6.36. The van der Waals surface area contributed by atoms with Crippen LogP contribution >= 0.6 is 11.3 Å². The molecule has 0 saturated carbocycles. The number of aryl methyl sites for hydroxylation is 1. The Labute approximate surface area is 157 Å². The number of anilines is 1. The van der Waals surface area contributed by atoms with Gasteiger partial charge in [-0.2, -0.15) is 5.26 Å². The predicted octanol–water partition coefficient (Wildman–Crippen LogP) is 3.18.